The summed E-state index contributed by atoms with van der Waals surface area (Å²) in [4.78, 5) is 34.9. The summed E-state index contributed by atoms with van der Waals surface area (Å²) in [7, 11) is 0. The zero-order chi connectivity index (χ0) is 11.6. The van der Waals surface area contributed by atoms with Crippen LogP contribution in [0.3, 0.4) is 0 Å². The lowest BCUT2D eigenvalue weighted by atomic mass is 10.1. The van der Waals surface area contributed by atoms with Crippen LogP contribution in [0, 0.1) is 0 Å². The Morgan fingerprint density at radius 1 is 1.00 bits per heavy atom. The molecule has 0 aliphatic heterocycles. The van der Waals surface area contributed by atoms with Crippen LogP contribution in [0.2, 0.25) is 0 Å². The van der Waals surface area contributed by atoms with Crippen LogP contribution in [0.4, 0.5) is 0 Å². The van der Waals surface area contributed by atoms with Crippen LogP contribution in [-0.4, -0.2) is 38.2 Å². The van der Waals surface area contributed by atoms with Gasteiger partial charge >= 0.3 is 17.9 Å². The Hall–Kier alpha value is -2.44. The van der Waals surface area contributed by atoms with Gasteiger partial charge in [0.2, 0.25) is 0 Å². The third kappa shape index (κ3) is 2.08. The summed E-state index contributed by atoms with van der Waals surface area (Å²) >= 11 is 0. The first kappa shape index (κ1) is 10.6. The summed E-state index contributed by atoms with van der Waals surface area (Å²) in [6, 6.07) is 0.751. The molecular formula is C8H5NO6. The molecule has 0 unspecified atom stereocenters. The normalized spacial score (nSPS) is 9.60. The summed E-state index contributed by atoms with van der Waals surface area (Å²) in [5.74, 6) is -4.44. The van der Waals surface area contributed by atoms with Crippen molar-refractivity contribution in [3.8, 4) is 0 Å². The molecule has 0 radical (unpaired) electrons. The van der Waals surface area contributed by atoms with Crippen molar-refractivity contribution >= 4 is 17.9 Å². The van der Waals surface area contributed by atoms with E-state index in [1.54, 1.807) is 0 Å². The Bertz CT molecular complexity index is 452. The standard InChI is InChI=1S/C8H5NO6/c10-6(11)3-1-4(7(12)13)5(8(14)15)9-2-3/h1-2H,(H,10,11)(H,12,13)(H,14,15). The van der Waals surface area contributed by atoms with E-state index < -0.39 is 29.2 Å². The Morgan fingerprint density at radius 2 is 1.60 bits per heavy atom. The number of aromatic carboxylic acids is 3. The maximum absolute atomic E-state index is 10.6. The van der Waals surface area contributed by atoms with Crippen molar-refractivity contribution in [3.05, 3.63) is 29.1 Å². The van der Waals surface area contributed by atoms with Crippen molar-refractivity contribution in [1.29, 1.82) is 0 Å². The summed E-state index contributed by atoms with van der Waals surface area (Å²) in [6.45, 7) is 0. The fourth-order valence-corrected chi connectivity index (χ4v) is 0.915. The quantitative estimate of drug-likeness (QED) is 0.650. The minimum absolute atomic E-state index is 0.377. The molecule has 0 fully saturated rings. The molecule has 1 heterocycles. The average Bonchev–Trinajstić information content (AvgIpc) is 2.16. The summed E-state index contributed by atoms with van der Waals surface area (Å²) in [5, 5.41) is 25.7. The molecule has 0 aliphatic carbocycles. The number of carboxylic acids is 3. The zero-order valence-electron chi connectivity index (χ0n) is 7.17. The van der Waals surface area contributed by atoms with E-state index in [2.05, 4.69) is 4.98 Å². The Morgan fingerprint density at radius 3 is 2.00 bits per heavy atom. The van der Waals surface area contributed by atoms with Crippen molar-refractivity contribution in [2.75, 3.05) is 0 Å². The second kappa shape index (κ2) is 3.74. The van der Waals surface area contributed by atoms with Crippen LogP contribution in [0.15, 0.2) is 12.3 Å². The van der Waals surface area contributed by atoms with Gasteiger partial charge in [-0.1, -0.05) is 0 Å². The summed E-state index contributed by atoms with van der Waals surface area (Å²) < 4.78 is 0. The van der Waals surface area contributed by atoms with E-state index in [9.17, 15) is 14.4 Å². The highest BCUT2D eigenvalue weighted by molar-refractivity contribution is 6.02. The number of aromatic nitrogens is 1. The molecule has 15 heavy (non-hydrogen) atoms. The molecular weight excluding hydrogens is 206 g/mol. The number of hydrogen-bond donors (Lipinski definition) is 3. The highest BCUT2D eigenvalue weighted by Gasteiger charge is 2.19. The summed E-state index contributed by atoms with van der Waals surface area (Å²) in [5.41, 5.74) is -1.72. The topological polar surface area (TPSA) is 125 Å². The third-order valence-corrected chi connectivity index (χ3v) is 1.57. The lowest BCUT2D eigenvalue weighted by molar-refractivity contribution is 0.0643. The second-order valence-electron chi connectivity index (χ2n) is 2.54. The van der Waals surface area contributed by atoms with Gasteiger partial charge < -0.3 is 15.3 Å². The molecule has 1 rings (SSSR count). The number of carbonyl (C=O) groups is 3. The first-order chi connectivity index (χ1) is 6.93. The van der Waals surface area contributed by atoms with Gasteiger partial charge in [0, 0.05) is 6.20 Å². The van der Waals surface area contributed by atoms with E-state index in [0.29, 0.717) is 0 Å². The first-order valence-corrected chi connectivity index (χ1v) is 3.63. The van der Waals surface area contributed by atoms with E-state index in [0.717, 1.165) is 12.3 Å². The molecule has 7 nitrogen and oxygen atoms in total. The van der Waals surface area contributed by atoms with E-state index in [1.807, 2.05) is 0 Å². The van der Waals surface area contributed by atoms with Gasteiger partial charge in [0.1, 0.15) is 0 Å². The number of hydrogen-bond acceptors (Lipinski definition) is 4. The molecule has 3 N–H and O–H groups in total. The predicted molar refractivity (Wildman–Crippen MR) is 45.1 cm³/mol. The lowest BCUT2D eigenvalue weighted by Crippen LogP contribution is -2.12. The van der Waals surface area contributed by atoms with Crippen LogP contribution in [0.5, 0.6) is 0 Å². The van der Waals surface area contributed by atoms with Gasteiger partial charge in [0.25, 0.3) is 0 Å². The SMILES string of the molecule is O=C(O)c1cnc(C(=O)O)c(C(=O)O)c1. The fourth-order valence-electron chi connectivity index (χ4n) is 0.915. The molecule has 78 valence electrons. The van der Waals surface area contributed by atoms with Crippen LogP contribution in [0.25, 0.3) is 0 Å². The Balaban J connectivity index is 3.40. The van der Waals surface area contributed by atoms with Gasteiger partial charge in [-0.3, -0.25) is 0 Å². The van der Waals surface area contributed by atoms with Gasteiger partial charge in [0.05, 0.1) is 11.1 Å². The van der Waals surface area contributed by atoms with E-state index in [-0.39, 0.29) is 5.56 Å². The van der Waals surface area contributed by atoms with Crippen molar-refractivity contribution in [2.24, 2.45) is 0 Å². The van der Waals surface area contributed by atoms with Gasteiger partial charge in [-0.05, 0) is 6.07 Å². The lowest BCUT2D eigenvalue weighted by Gasteiger charge is -2.01. The van der Waals surface area contributed by atoms with Crippen LogP contribution < -0.4 is 0 Å². The molecule has 0 aliphatic rings. The predicted octanol–water partition coefficient (Wildman–Crippen LogP) is 0.176. The monoisotopic (exact) mass is 211 g/mol. The van der Waals surface area contributed by atoms with Crippen molar-refractivity contribution in [1.82, 2.24) is 4.98 Å². The number of rotatable bonds is 3. The summed E-state index contributed by atoms with van der Waals surface area (Å²) in [6.07, 6.45) is 0.790. The molecule has 7 heteroatoms. The van der Waals surface area contributed by atoms with Gasteiger partial charge in [-0.2, -0.15) is 0 Å². The molecule has 0 saturated heterocycles. The largest absolute Gasteiger partial charge is 0.478 e. The maximum atomic E-state index is 10.6. The highest BCUT2D eigenvalue weighted by atomic mass is 16.4. The molecule has 1 aromatic rings. The molecule has 0 atom stereocenters. The van der Waals surface area contributed by atoms with Gasteiger partial charge in [-0.25, -0.2) is 19.4 Å². The van der Waals surface area contributed by atoms with Crippen molar-refractivity contribution < 1.29 is 29.7 Å². The van der Waals surface area contributed by atoms with E-state index in [4.69, 9.17) is 15.3 Å². The second-order valence-corrected chi connectivity index (χ2v) is 2.54. The number of nitrogens with zero attached hydrogens (tertiary/aromatic N) is 1. The van der Waals surface area contributed by atoms with Crippen LogP contribution in [0.1, 0.15) is 31.2 Å². The number of pyridine rings is 1. The minimum atomic E-state index is -1.54. The van der Waals surface area contributed by atoms with Gasteiger partial charge in [0.15, 0.2) is 5.69 Å². The average molecular weight is 211 g/mol. The minimum Gasteiger partial charge on any atom is -0.478 e. The molecule has 0 aromatic carbocycles. The molecule has 0 spiro atoms. The van der Waals surface area contributed by atoms with E-state index >= 15 is 0 Å². The third-order valence-electron chi connectivity index (χ3n) is 1.57. The molecule has 0 bridgehead atoms. The van der Waals surface area contributed by atoms with Gasteiger partial charge in [-0.15, -0.1) is 0 Å². The molecule has 0 amide bonds. The Kier molecular flexibility index (Phi) is 2.65. The van der Waals surface area contributed by atoms with Crippen LogP contribution >= 0.6 is 0 Å². The Labute approximate surface area is 82.6 Å². The van der Waals surface area contributed by atoms with Crippen LogP contribution in [-0.2, 0) is 0 Å². The maximum Gasteiger partial charge on any atom is 0.355 e. The smallest absolute Gasteiger partial charge is 0.355 e. The number of carboxylic acid groups (broad SMARTS) is 3. The zero-order valence-corrected chi connectivity index (χ0v) is 7.17. The fraction of sp³-hybridized carbons (Fsp3) is 0. The molecule has 0 saturated carbocycles. The highest BCUT2D eigenvalue weighted by Crippen LogP contribution is 2.09. The van der Waals surface area contributed by atoms with Crippen molar-refractivity contribution in [3.63, 3.8) is 0 Å². The van der Waals surface area contributed by atoms with E-state index in [1.165, 1.54) is 0 Å². The van der Waals surface area contributed by atoms with Crippen molar-refractivity contribution in [2.45, 2.75) is 0 Å². The molecule has 1 aromatic heterocycles. The first-order valence-electron chi connectivity index (χ1n) is 3.63.